The van der Waals surface area contributed by atoms with Crippen LogP contribution in [0.15, 0.2) is 23.6 Å². The standard InChI is InChI=1S/C15H15Cl5N2S2/c1-8(2)23-6-9(5-22-4-3-21-7-22)24-15-13(19)11(17)10(16)12(18)14(15)20/h3-4,7-9H,5-6H2,1-2H3. The van der Waals surface area contributed by atoms with Crippen LogP contribution in [0.2, 0.25) is 25.1 Å². The van der Waals surface area contributed by atoms with Crippen molar-refractivity contribution in [2.45, 2.75) is 35.8 Å². The van der Waals surface area contributed by atoms with Gasteiger partial charge in [0.05, 0.1) is 31.4 Å². The summed E-state index contributed by atoms with van der Waals surface area (Å²) in [5.41, 5.74) is 0. The van der Waals surface area contributed by atoms with Crippen molar-refractivity contribution in [1.82, 2.24) is 9.55 Å². The first-order chi connectivity index (χ1) is 11.3. The van der Waals surface area contributed by atoms with Crippen LogP contribution in [-0.4, -0.2) is 25.8 Å². The number of hydrogen-bond donors (Lipinski definition) is 0. The Hall–Kier alpha value is 0.580. The Labute approximate surface area is 175 Å². The summed E-state index contributed by atoms with van der Waals surface area (Å²) in [6.45, 7) is 5.11. The van der Waals surface area contributed by atoms with Crippen molar-refractivity contribution in [1.29, 1.82) is 0 Å². The van der Waals surface area contributed by atoms with Crippen LogP contribution < -0.4 is 0 Å². The van der Waals surface area contributed by atoms with Crippen LogP contribution in [0.4, 0.5) is 0 Å². The van der Waals surface area contributed by atoms with Crippen LogP contribution in [0.5, 0.6) is 0 Å². The van der Waals surface area contributed by atoms with Gasteiger partial charge in [-0.1, -0.05) is 71.9 Å². The van der Waals surface area contributed by atoms with Gasteiger partial charge in [-0.2, -0.15) is 11.8 Å². The maximum Gasteiger partial charge on any atom is 0.0946 e. The van der Waals surface area contributed by atoms with E-state index in [0.29, 0.717) is 20.2 Å². The molecule has 0 saturated heterocycles. The second-order valence-corrected chi connectivity index (χ2v) is 10.1. The van der Waals surface area contributed by atoms with E-state index in [1.165, 1.54) is 0 Å². The molecule has 0 amide bonds. The van der Waals surface area contributed by atoms with Crippen molar-refractivity contribution in [3.8, 4) is 0 Å². The molecule has 0 radical (unpaired) electrons. The molecule has 2 rings (SSSR count). The van der Waals surface area contributed by atoms with Crippen LogP contribution in [-0.2, 0) is 6.54 Å². The van der Waals surface area contributed by atoms with Gasteiger partial charge in [0.15, 0.2) is 0 Å². The third-order valence-corrected chi connectivity index (χ3v) is 8.31. The van der Waals surface area contributed by atoms with E-state index >= 15 is 0 Å². The Morgan fingerprint density at radius 2 is 1.58 bits per heavy atom. The highest BCUT2D eigenvalue weighted by Crippen LogP contribution is 2.49. The van der Waals surface area contributed by atoms with E-state index in [1.807, 2.05) is 22.5 Å². The van der Waals surface area contributed by atoms with Crippen LogP contribution in [0.3, 0.4) is 0 Å². The third-order valence-electron chi connectivity index (χ3n) is 3.04. The smallest absolute Gasteiger partial charge is 0.0946 e. The minimum atomic E-state index is 0.181. The van der Waals surface area contributed by atoms with Gasteiger partial charge in [-0.05, 0) is 5.25 Å². The number of halogens is 5. The molecule has 0 N–H and O–H groups in total. The van der Waals surface area contributed by atoms with Crippen LogP contribution in [0, 0.1) is 0 Å². The van der Waals surface area contributed by atoms with E-state index in [9.17, 15) is 0 Å². The Morgan fingerprint density at radius 1 is 1.00 bits per heavy atom. The molecule has 1 aromatic heterocycles. The number of imidazole rings is 1. The number of nitrogens with zero attached hydrogens (tertiary/aromatic N) is 2. The molecule has 0 aliphatic carbocycles. The molecule has 1 aromatic carbocycles. The van der Waals surface area contributed by atoms with E-state index < -0.39 is 0 Å². The topological polar surface area (TPSA) is 17.8 Å². The molecule has 1 heterocycles. The average Bonchev–Trinajstić information content (AvgIpc) is 3.05. The van der Waals surface area contributed by atoms with Crippen LogP contribution >= 0.6 is 81.5 Å². The maximum absolute atomic E-state index is 6.36. The van der Waals surface area contributed by atoms with Gasteiger partial charge < -0.3 is 4.57 Å². The molecule has 0 fully saturated rings. The van der Waals surface area contributed by atoms with Gasteiger partial charge in [0, 0.05) is 34.8 Å². The molecular formula is C15H15Cl5N2S2. The summed E-state index contributed by atoms with van der Waals surface area (Å²) in [7, 11) is 0. The summed E-state index contributed by atoms with van der Waals surface area (Å²) in [5, 5.41) is 2.06. The van der Waals surface area contributed by atoms with Crippen molar-refractivity contribution < 1.29 is 0 Å². The van der Waals surface area contributed by atoms with E-state index in [2.05, 4.69) is 18.8 Å². The van der Waals surface area contributed by atoms with Gasteiger partial charge in [-0.3, -0.25) is 0 Å². The summed E-state index contributed by atoms with van der Waals surface area (Å²) in [4.78, 5) is 4.75. The Balaban J connectivity index is 2.28. The Morgan fingerprint density at radius 3 is 2.08 bits per heavy atom. The summed E-state index contributed by atoms with van der Waals surface area (Å²) in [6, 6.07) is 0. The predicted octanol–water partition coefficient (Wildman–Crippen LogP) is 7.45. The van der Waals surface area contributed by atoms with Crippen LogP contribution in [0.1, 0.15) is 13.8 Å². The van der Waals surface area contributed by atoms with Gasteiger partial charge in [-0.25, -0.2) is 4.98 Å². The van der Waals surface area contributed by atoms with Gasteiger partial charge in [0.2, 0.25) is 0 Å². The number of rotatable bonds is 7. The summed E-state index contributed by atoms with van der Waals surface area (Å²) < 4.78 is 2.03. The highest BCUT2D eigenvalue weighted by Gasteiger charge is 2.23. The summed E-state index contributed by atoms with van der Waals surface area (Å²) in [6.07, 6.45) is 5.48. The summed E-state index contributed by atoms with van der Waals surface area (Å²) >= 11 is 34.5. The number of benzene rings is 1. The molecule has 1 atom stereocenters. The predicted molar refractivity (Wildman–Crippen MR) is 111 cm³/mol. The third kappa shape index (κ3) is 5.29. The van der Waals surface area contributed by atoms with E-state index in [-0.39, 0.29) is 20.3 Å². The number of thioether (sulfide) groups is 2. The van der Waals surface area contributed by atoms with E-state index in [0.717, 1.165) is 12.3 Å². The zero-order chi connectivity index (χ0) is 17.9. The van der Waals surface area contributed by atoms with Crippen molar-refractivity contribution in [2.24, 2.45) is 0 Å². The Bertz CT molecular complexity index is 663. The van der Waals surface area contributed by atoms with Gasteiger partial charge >= 0.3 is 0 Å². The monoisotopic (exact) mass is 462 g/mol. The lowest BCUT2D eigenvalue weighted by Crippen LogP contribution is -2.16. The van der Waals surface area contributed by atoms with Crippen molar-refractivity contribution in [2.75, 3.05) is 5.75 Å². The first-order valence-electron chi connectivity index (χ1n) is 7.06. The van der Waals surface area contributed by atoms with Crippen LogP contribution in [0.25, 0.3) is 0 Å². The maximum atomic E-state index is 6.36. The highest BCUT2D eigenvalue weighted by molar-refractivity contribution is 8.03. The zero-order valence-electron chi connectivity index (χ0n) is 12.9. The largest absolute Gasteiger partial charge is 0.336 e. The molecule has 0 bridgehead atoms. The quantitative estimate of drug-likeness (QED) is 0.241. The lowest BCUT2D eigenvalue weighted by Gasteiger charge is -2.20. The lowest BCUT2D eigenvalue weighted by atomic mass is 10.3. The lowest BCUT2D eigenvalue weighted by molar-refractivity contribution is 0.695. The highest BCUT2D eigenvalue weighted by atomic mass is 35.5. The second-order valence-electron chi connectivity index (χ2n) is 5.28. The number of aromatic nitrogens is 2. The fourth-order valence-corrected chi connectivity index (χ4v) is 5.63. The minimum Gasteiger partial charge on any atom is -0.336 e. The van der Waals surface area contributed by atoms with Crippen molar-refractivity contribution in [3.05, 3.63) is 43.8 Å². The first kappa shape index (κ1) is 20.9. The molecule has 2 aromatic rings. The molecule has 1 unspecified atom stereocenters. The summed E-state index contributed by atoms with van der Waals surface area (Å²) in [5.74, 6) is 0.922. The second kappa shape index (κ2) is 9.50. The molecule has 24 heavy (non-hydrogen) atoms. The molecule has 0 saturated carbocycles. The fourth-order valence-electron chi connectivity index (χ4n) is 1.91. The molecule has 132 valence electrons. The van der Waals surface area contributed by atoms with Gasteiger partial charge in [0.25, 0.3) is 0 Å². The first-order valence-corrected chi connectivity index (χ1v) is 10.9. The van der Waals surface area contributed by atoms with E-state index in [4.69, 9.17) is 58.0 Å². The zero-order valence-corrected chi connectivity index (χ0v) is 18.3. The molecule has 0 aliphatic heterocycles. The normalized spacial score (nSPS) is 12.8. The number of hydrogen-bond acceptors (Lipinski definition) is 3. The van der Waals surface area contributed by atoms with Crippen molar-refractivity contribution >= 4 is 81.5 Å². The Kier molecular flexibility index (Phi) is 8.26. The molecule has 2 nitrogen and oxygen atoms in total. The van der Waals surface area contributed by atoms with Gasteiger partial charge in [0.1, 0.15) is 0 Å². The van der Waals surface area contributed by atoms with E-state index in [1.54, 1.807) is 24.3 Å². The molecule has 0 spiro atoms. The molecule has 0 aliphatic rings. The van der Waals surface area contributed by atoms with Gasteiger partial charge in [-0.15, -0.1) is 11.8 Å². The average molecular weight is 465 g/mol. The minimum absolute atomic E-state index is 0.181. The van der Waals surface area contributed by atoms with Crippen molar-refractivity contribution in [3.63, 3.8) is 0 Å². The molecular weight excluding hydrogens is 450 g/mol. The fraction of sp³-hybridized carbons (Fsp3) is 0.400. The SMILES string of the molecule is CC(C)SCC(Cn1ccnc1)Sc1c(Cl)c(Cl)c(Cl)c(Cl)c1Cl. The molecule has 9 heteroatoms.